The van der Waals surface area contributed by atoms with Crippen LogP contribution in [0.25, 0.3) is 10.9 Å². The first kappa shape index (κ1) is 10.4. The Hall–Kier alpha value is -2.80. The van der Waals surface area contributed by atoms with Gasteiger partial charge in [-0.2, -0.15) is 5.26 Å². The number of rotatable bonds is 2. The van der Waals surface area contributed by atoms with Crippen LogP contribution in [0.15, 0.2) is 47.2 Å². The third kappa shape index (κ3) is 1.50. The molecule has 1 N–H and O–H groups in total. The second kappa shape index (κ2) is 3.90. The van der Waals surface area contributed by atoms with E-state index in [2.05, 4.69) is 11.1 Å². The minimum atomic E-state index is -0.193. The fourth-order valence-electron chi connectivity index (χ4n) is 1.92. The number of nitrogens with zero attached hydrogens (tertiary/aromatic N) is 1. The van der Waals surface area contributed by atoms with Gasteiger partial charge in [-0.05, 0) is 30.3 Å². The van der Waals surface area contributed by atoms with Crippen molar-refractivity contribution in [3.05, 3.63) is 59.7 Å². The van der Waals surface area contributed by atoms with E-state index >= 15 is 0 Å². The summed E-state index contributed by atoms with van der Waals surface area (Å²) in [5, 5.41) is 9.62. The lowest BCUT2D eigenvalue weighted by Crippen LogP contribution is -1.98. The maximum atomic E-state index is 12.2. The van der Waals surface area contributed by atoms with Gasteiger partial charge in [0.15, 0.2) is 5.76 Å². The number of ketones is 1. The predicted molar refractivity (Wildman–Crippen MR) is 65.2 cm³/mol. The zero-order valence-electron chi connectivity index (χ0n) is 9.31. The molecule has 0 atom stereocenters. The zero-order chi connectivity index (χ0) is 12.5. The van der Waals surface area contributed by atoms with Gasteiger partial charge in [-0.15, -0.1) is 0 Å². The molecule has 0 saturated heterocycles. The number of nitrogens with one attached hydrogen (secondary N) is 1. The van der Waals surface area contributed by atoms with Gasteiger partial charge >= 0.3 is 0 Å². The van der Waals surface area contributed by atoms with Gasteiger partial charge < -0.3 is 9.40 Å². The minimum absolute atomic E-state index is 0.193. The standard InChI is InChI=1S/C14H8N2O2/c15-7-9-3-4-12-10(6-9)11(8-16-12)14(17)13-2-1-5-18-13/h1-6,8,16H. The number of hydrogen-bond acceptors (Lipinski definition) is 3. The van der Waals surface area contributed by atoms with Crippen LogP contribution in [0.5, 0.6) is 0 Å². The van der Waals surface area contributed by atoms with Crippen LogP contribution < -0.4 is 0 Å². The fraction of sp³-hybridized carbons (Fsp3) is 0. The highest BCUT2D eigenvalue weighted by atomic mass is 16.3. The lowest BCUT2D eigenvalue weighted by atomic mass is 10.1. The monoisotopic (exact) mass is 236 g/mol. The number of aromatic amines is 1. The molecule has 3 rings (SSSR count). The summed E-state index contributed by atoms with van der Waals surface area (Å²) in [5.74, 6) is 0.0969. The summed E-state index contributed by atoms with van der Waals surface area (Å²) < 4.78 is 5.10. The van der Waals surface area contributed by atoms with Gasteiger partial charge in [0.1, 0.15) is 0 Å². The molecule has 0 fully saturated rings. The Morgan fingerprint density at radius 3 is 2.94 bits per heavy atom. The molecule has 2 heterocycles. The van der Waals surface area contributed by atoms with Crippen molar-refractivity contribution in [3.8, 4) is 6.07 Å². The van der Waals surface area contributed by atoms with Crippen LogP contribution in [-0.2, 0) is 0 Å². The average molecular weight is 236 g/mol. The molecule has 0 saturated carbocycles. The summed E-state index contributed by atoms with van der Waals surface area (Å²) in [6.07, 6.45) is 3.10. The molecule has 3 aromatic rings. The van der Waals surface area contributed by atoms with Gasteiger partial charge in [0, 0.05) is 17.1 Å². The van der Waals surface area contributed by atoms with Crippen LogP contribution in [0.4, 0.5) is 0 Å². The van der Waals surface area contributed by atoms with Crippen molar-refractivity contribution < 1.29 is 9.21 Å². The topological polar surface area (TPSA) is 69.8 Å². The molecule has 1 aromatic carbocycles. The summed E-state index contributed by atoms with van der Waals surface area (Å²) in [4.78, 5) is 15.2. The Kier molecular flexibility index (Phi) is 2.24. The van der Waals surface area contributed by atoms with Crippen LogP contribution in [-0.4, -0.2) is 10.8 Å². The van der Waals surface area contributed by atoms with Crippen molar-refractivity contribution in [2.24, 2.45) is 0 Å². The summed E-state index contributed by atoms with van der Waals surface area (Å²) in [5.41, 5.74) is 1.86. The first-order valence-electron chi connectivity index (χ1n) is 5.39. The number of hydrogen-bond donors (Lipinski definition) is 1. The highest BCUT2D eigenvalue weighted by molar-refractivity contribution is 6.15. The molecule has 4 heteroatoms. The summed E-state index contributed by atoms with van der Waals surface area (Å²) in [6, 6.07) is 10.5. The number of carbonyl (C=O) groups is 1. The molecule has 0 spiro atoms. The molecular formula is C14H8N2O2. The van der Waals surface area contributed by atoms with E-state index < -0.39 is 0 Å². The number of benzene rings is 1. The SMILES string of the molecule is N#Cc1ccc2[nH]cc(C(=O)c3ccco3)c2c1. The Morgan fingerprint density at radius 2 is 2.22 bits per heavy atom. The van der Waals surface area contributed by atoms with E-state index in [1.165, 1.54) is 6.26 Å². The molecule has 0 amide bonds. The molecule has 0 aliphatic rings. The number of carbonyl (C=O) groups excluding carboxylic acids is 1. The van der Waals surface area contributed by atoms with Crippen molar-refractivity contribution in [3.63, 3.8) is 0 Å². The maximum Gasteiger partial charge on any atom is 0.230 e. The van der Waals surface area contributed by atoms with Crippen molar-refractivity contribution in [2.75, 3.05) is 0 Å². The molecule has 2 aromatic heterocycles. The van der Waals surface area contributed by atoms with E-state index in [-0.39, 0.29) is 5.78 Å². The number of aromatic nitrogens is 1. The van der Waals surface area contributed by atoms with Crippen molar-refractivity contribution in [2.45, 2.75) is 0 Å². The number of furan rings is 1. The highest BCUT2D eigenvalue weighted by Crippen LogP contribution is 2.22. The maximum absolute atomic E-state index is 12.2. The molecule has 86 valence electrons. The van der Waals surface area contributed by atoms with E-state index in [9.17, 15) is 4.79 Å². The first-order chi connectivity index (χ1) is 8.79. The molecule has 4 nitrogen and oxygen atoms in total. The second-order valence-electron chi connectivity index (χ2n) is 3.88. The lowest BCUT2D eigenvalue weighted by Gasteiger charge is -1.96. The number of nitriles is 1. The number of H-pyrrole nitrogens is 1. The minimum Gasteiger partial charge on any atom is -0.461 e. The smallest absolute Gasteiger partial charge is 0.230 e. The summed E-state index contributed by atoms with van der Waals surface area (Å²) in [7, 11) is 0. The molecule has 0 radical (unpaired) electrons. The van der Waals surface area contributed by atoms with E-state index in [4.69, 9.17) is 9.68 Å². The second-order valence-corrected chi connectivity index (χ2v) is 3.88. The number of fused-ring (bicyclic) bond motifs is 1. The Labute approximate surface area is 102 Å². The molecule has 0 bridgehead atoms. The molecule has 0 aliphatic heterocycles. The lowest BCUT2D eigenvalue weighted by molar-refractivity contribution is 0.101. The Morgan fingerprint density at radius 1 is 1.33 bits per heavy atom. The molecule has 18 heavy (non-hydrogen) atoms. The zero-order valence-corrected chi connectivity index (χ0v) is 9.31. The van der Waals surface area contributed by atoms with Crippen molar-refractivity contribution >= 4 is 16.7 Å². The van der Waals surface area contributed by atoms with Crippen LogP contribution >= 0.6 is 0 Å². The third-order valence-electron chi connectivity index (χ3n) is 2.80. The quantitative estimate of drug-likeness (QED) is 0.695. The average Bonchev–Trinajstić information content (AvgIpc) is 3.06. The van der Waals surface area contributed by atoms with E-state index in [1.807, 2.05) is 0 Å². The van der Waals surface area contributed by atoms with Gasteiger partial charge in [0.25, 0.3) is 0 Å². The van der Waals surface area contributed by atoms with Gasteiger partial charge in [-0.3, -0.25) is 4.79 Å². The van der Waals surface area contributed by atoms with Crippen LogP contribution in [0.1, 0.15) is 21.7 Å². The molecule has 0 unspecified atom stereocenters. The van der Waals surface area contributed by atoms with Gasteiger partial charge in [-0.1, -0.05) is 0 Å². The molecule has 0 aliphatic carbocycles. The van der Waals surface area contributed by atoms with E-state index in [0.29, 0.717) is 16.9 Å². The molecular weight excluding hydrogens is 228 g/mol. The van der Waals surface area contributed by atoms with E-state index in [1.54, 1.807) is 36.5 Å². The predicted octanol–water partition coefficient (Wildman–Crippen LogP) is 2.86. The Balaban J connectivity index is 2.18. The summed E-state index contributed by atoms with van der Waals surface area (Å²) in [6.45, 7) is 0. The van der Waals surface area contributed by atoms with Gasteiger partial charge in [0.05, 0.1) is 23.5 Å². The van der Waals surface area contributed by atoms with Crippen molar-refractivity contribution in [1.82, 2.24) is 4.98 Å². The normalized spacial score (nSPS) is 10.4. The van der Waals surface area contributed by atoms with E-state index in [0.717, 1.165) is 10.9 Å². The summed E-state index contributed by atoms with van der Waals surface area (Å²) >= 11 is 0. The fourth-order valence-corrected chi connectivity index (χ4v) is 1.92. The van der Waals surface area contributed by atoms with Crippen molar-refractivity contribution in [1.29, 1.82) is 5.26 Å². The van der Waals surface area contributed by atoms with Gasteiger partial charge in [-0.25, -0.2) is 0 Å². The van der Waals surface area contributed by atoms with Crippen LogP contribution in [0.2, 0.25) is 0 Å². The highest BCUT2D eigenvalue weighted by Gasteiger charge is 2.16. The Bertz CT molecular complexity index is 761. The van der Waals surface area contributed by atoms with Crippen LogP contribution in [0.3, 0.4) is 0 Å². The van der Waals surface area contributed by atoms with Crippen LogP contribution in [0, 0.1) is 11.3 Å². The third-order valence-corrected chi connectivity index (χ3v) is 2.80. The first-order valence-corrected chi connectivity index (χ1v) is 5.39. The van der Waals surface area contributed by atoms with Gasteiger partial charge in [0.2, 0.25) is 5.78 Å². The largest absolute Gasteiger partial charge is 0.461 e.